The molecule has 0 aliphatic carbocycles. The predicted octanol–water partition coefficient (Wildman–Crippen LogP) is 4.54. The van der Waals surface area contributed by atoms with Crippen LogP contribution in [0.3, 0.4) is 0 Å². The Hall–Kier alpha value is -3.89. The van der Waals surface area contributed by atoms with Crippen LogP contribution < -0.4 is 24.8 Å². The highest BCUT2D eigenvalue weighted by molar-refractivity contribution is 5.98. The van der Waals surface area contributed by atoms with Crippen LogP contribution in [-0.4, -0.2) is 49.7 Å². The van der Waals surface area contributed by atoms with Gasteiger partial charge in [-0.25, -0.2) is 4.68 Å². The van der Waals surface area contributed by atoms with Crippen molar-refractivity contribution in [2.24, 2.45) is 0 Å². The number of carbonyl (C=O) groups excluding carboxylic acids is 1. The molecule has 8 nitrogen and oxygen atoms in total. The Bertz CT molecular complexity index is 1230. The number of ether oxygens (including phenoxy) is 3. The monoisotopic (exact) mass is 504 g/mol. The Balaban J connectivity index is 1.54. The van der Waals surface area contributed by atoms with E-state index in [0.717, 1.165) is 16.4 Å². The van der Waals surface area contributed by atoms with Crippen LogP contribution in [0, 0.1) is 0 Å². The lowest BCUT2D eigenvalue weighted by atomic mass is 9.95. The fourth-order valence-corrected chi connectivity index (χ4v) is 4.34. The van der Waals surface area contributed by atoms with Gasteiger partial charge in [0, 0.05) is 18.5 Å². The molecule has 1 amide bonds. The lowest BCUT2D eigenvalue weighted by Crippen LogP contribution is -2.36. The number of hydrogen-bond acceptors (Lipinski definition) is 6. The molecule has 0 radical (unpaired) electrons. The van der Waals surface area contributed by atoms with E-state index in [-0.39, 0.29) is 24.3 Å². The van der Waals surface area contributed by atoms with Crippen molar-refractivity contribution >= 4 is 11.7 Å². The average molecular weight is 505 g/mol. The molecule has 0 spiro atoms. The smallest absolute Gasteiger partial charge is 0.410 e. The first-order chi connectivity index (χ1) is 17.3. The zero-order valence-electron chi connectivity index (χ0n) is 20.1. The number of nitrogens with zero attached hydrogens (tertiary/aromatic N) is 2. The number of anilines is 1. The molecule has 11 heteroatoms. The molecule has 0 saturated carbocycles. The zero-order chi connectivity index (χ0) is 25.9. The molecule has 3 aromatic rings. The van der Waals surface area contributed by atoms with E-state index in [1.54, 1.807) is 43.5 Å². The van der Waals surface area contributed by atoms with Crippen molar-refractivity contribution in [3.8, 4) is 17.2 Å². The third kappa shape index (κ3) is 5.05. The minimum Gasteiger partial charge on any atom is -0.496 e. The SMILES string of the molecule is COc1ccc(CCNC(=O)c2cnn3c2NC(c2ccccc2OC)CC3C(F)(F)F)cc1OC. The van der Waals surface area contributed by atoms with Gasteiger partial charge in [0.05, 0.1) is 33.6 Å². The number of nitrogens with one attached hydrogen (secondary N) is 2. The highest BCUT2D eigenvalue weighted by Crippen LogP contribution is 2.45. The lowest BCUT2D eigenvalue weighted by Gasteiger charge is -2.34. The molecular weight excluding hydrogens is 477 g/mol. The number of benzene rings is 2. The van der Waals surface area contributed by atoms with Gasteiger partial charge in [0.15, 0.2) is 17.5 Å². The van der Waals surface area contributed by atoms with E-state index in [0.29, 0.717) is 29.2 Å². The van der Waals surface area contributed by atoms with Crippen molar-refractivity contribution in [1.29, 1.82) is 0 Å². The third-order valence-corrected chi connectivity index (χ3v) is 6.14. The molecule has 192 valence electrons. The molecule has 0 fully saturated rings. The number of aromatic nitrogens is 2. The van der Waals surface area contributed by atoms with Gasteiger partial charge in [0.2, 0.25) is 0 Å². The van der Waals surface area contributed by atoms with E-state index < -0.39 is 24.2 Å². The summed E-state index contributed by atoms with van der Waals surface area (Å²) < 4.78 is 58.6. The van der Waals surface area contributed by atoms with E-state index in [9.17, 15) is 18.0 Å². The molecule has 0 saturated heterocycles. The normalized spacial score (nSPS) is 17.1. The summed E-state index contributed by atoms with van der Waals surface area (Å²) in [5.74, 6) is 1.11. The standard InChI is InChI=1S/C25H27F3N4O4/c1-34-19-7-5-4-6-16(19)18-13-22(25(26,27)28)32-23(31-18)17(14-30-32)24(33)29-11-10-15-8-9-20(35-2)21(12-15)36-3/h4-9,12,14,18,22,31H,10-11,13H2,1-3H3,(H,29,33). The van der Waals surface area contributed by atoms with Crippen LogP contribution in [0.15, 0.2) is 48.7 Å². The second-order valence-electron chi connectivity index (χ2n) is 8.28. The minimum atomic E-state index is -4.55. The highest BCUT2D eigenvalue weighted by atomic mass is 19.4. The molecule has 2 N–H and O–H groups in total. The summed E-state index contributed by atoms with van der Waals surface area (Å²) in [5.41, 5.74) is 1.51. The maximum atomic E-state index is 14.0. The molecular formula is C25H27F3N4O4. The van der Waals surface area contributed by atoms with Crippen LogP contribution in [0.4, 0.5) is 19.0 Å². The largest absolute Gasteiger partial charge is 0.496 e. The summed E-state index contributed by atoms with van der Waals surface area (Å²) in [5, 5.41) is 9.77. The number of fused-ring (bicyclic) bond motifs is 1. The third-order valence-electron chi connectivity index (χ3n) is 6.14. The van der Waals surface area contributed by atoms with Gasteiger partial charge in [-0.1, -0.05) is 24.3 Å². The summed E-state index contributed by atoms with van der Waals surface area (Å²) in [6.07, 6.45) is -3.20. The molecule has 2 aromatic carbocycles. The number of methoxy groups -OCH3 is 3. The summed E-state index contributed by atoms with van der Waals surface area (Å²) in [6.45, 7) is 0.261. The maximum absolute atomic E-state index is 14.0. The van der Waals surface area contributed by atoms with E-state index in [1.165, 1.54) is 14.2 Å². The first-order valence-electron chi connectivity index (χ1n) is 11.3. The van der Waals surface area contributed by atoms with Crippen LogP contribution >= 0.6 is 0 Å². The number of para-hydroxylation sites is 1. The number of hydrogen-bond donors (Lipinski definition) is 2. The minimum absolute atomic E-state index is 0.0168. The van der Waals surface area contributed by atoms with Crippen LogP contribution in [0.1, 0.15) is 40.0 Å². The van der Waals surface area contributed by atoms with E-state index in [1.807, 2.05) is 6.07 Å². The number of rotatable bonds is 8. The van der Waals surface area contributed by atoms with Crippen LogP contribution in [0.25, 0.3) is 0 Å². The molecule has 1 aliphatic heterocycles. The number of alkyl halides is 3. The molecule has 4 rings (SSSR count). The number of carbonyl (C=O) groups is 1. The Morgan fingerprint density at radius 1 is 1.08 bits per heavy atom. The summed E-state index contributed by atoms with van der Waals surface area (Å²) in [6, 6.07) is 9.68. The molecule has 1 aliphatic rings. The van der Waals surface area contributed by atoms with Crippen LogP contribution in [0.5, 0.6) is 17.2 Å². The quantitative estimate of drug-likeness (QED) is 0.469. The van der Waals surface area contributed by atoms with E-state index in [4.69, 9.17) is 14.2 Å². The summed E-state index contributed by atoms with van der Waals surface area (Å²) in [4.78, 5) is 13.0. The maximum Gasteiger partial charge on any atom is 0.410 e. The van der Waals surface area contributed by atoms with Crippen molar-refractivity contribution < 1.29 is 32.2 Å². The topological polar surface area (TPSA) is 86.6 Å². The Kier molecular flexibility index (Phi) is 7.27. The fourth-order valence-electron chi connectivity index (χ4n) is 4.34. The Morgan fingerprint density at radius 3 is 2.50 bits per heavy atom. The lowest BCUT2D eigenvalue weighted by molar-refractivity contribution is -0.173. The van der Waals surface area contributed by atoms with Crippen molar-refractivity contribution in [1.82, 2.24) is 15.1 Å². The van der Waals surface area contributed by atoms with Crippen molar-refractivity contribution in [3.05, 3.63) is 65.4 Å². The zero-order valence-corrected chi connectivity index (χ0v) is 20.1. The second kappa shape index (κ2) is 10.4. The van der Waals surface area contributed by atoms with E-state index in [2.05, 4.69) is 15.7 Å². The summed E-state index contributed by atoms with van der Waals surface area (Å²) in [7, 11) is 4.54. The fraction of sp³-hybridized carbons (Fsp3) is 0.360. The Morgan fingerprint density at radius 2 is 1.81 bits per heavy atom. The van der Waals surface area contributed by atoms with Gasteiger partial charge in [-0.3, -0.25) is 4.79 Å². The van der Waals surface area contributed by atoms with Gasteiger partial charge in [0.1, 0.15) is 17.1 Å². The average Bonchev–Trinajstić information content (AvgIpc) is 3.31. The van der Waals surface area contributed by atoms with Gasteiger partial charge in [0.25, 0.3) is 5.91 Å². The van der Waals surface area contributed by atoms with Gasteiger partial charge in [-0.15, -0.1) is 0 Å². The predicted molar refractivity (Wildman–Crippen MR) is 127 cm³/mol. The summed E-state index contributed by atoms with van der Waals surface area (Å²) >= 11 is 0. The molecule has 2 atom stereocenters. The number of halogens is 3. The van der Waals surface area contributed by atoms with Crippen molar-refractivity contribution in [3.63, 3.8) is 0 Å². The first kappa shape index (κ1) is 25.2. The van der Waals surface area contributed by atoms with Crippen molar-refractivity contribution in [2.45, 2.75) is 31.1 Å². The highest BCUT2D eigenvalue weighted by Gasteiger charge is 2.47. The van der Waals surface area contributed by atoms with Crippen LogP contribution in [0.2, 0.25) is 0 Å². The van der Waals surface area contributed by atoms with Crippen molar-refractivity contribution in [2.75, 3.05) is 33.2 Å². The molecule has 36 heavy (non-hydrogen) atoms. The van der Waals surface area contributed by atoms with Gasteiger partial charge < -0.3 is 24.8 Å². The molecule has 0 bridgehead atoms. The van der Waals surface area contributed by atoms with E-state index >= 15 is 0 Å². The van der Waals surface area contributed by atoms with Gasteiger partial charge in [-0.2, -0.15) is 18.3 Å². The molecule has 2 heterocycles. The van der Waals surface area contributed by atoms with Gasteiger partial charge >= 0.3 is 6.18 Å². The van der Waals surface area contributed by atoms with Crippen LogP contribution in [-0.2, 0) is 6.42 Å². The first-order valence-corrected chi connectivity index (χ1v) is 11.3. The Labute approximate surface area is 206 Å². The second-order valence-corrected chi connectivity index (χ2v) is 8.28. The number of amides is 1. The molecule has 1 aromatic heterocycles. The molecule has 2 unspecified atom stereocenters. The van der Waals surface area contributed by atoms with Gasteiger partial charge in [-0.05, 0) is 30.2 Å².